The summed E-state index contributed by atoms with van der Waals surface area (Å²) >= 11 is 5.84. The molecule has 4 aromatic rings. The maximum atomic E-state index is 12.4. The van der Waals surface area contributed by atoms with Gasteiger partial charge >= 0.3 is 0 Å². The third-order valence-electron chi connectivity index (χ3n) is 5.21. The molecule has 2 heterocycles. The molecule has 0 aliphatic carbocycles. The molecule has 0 bridgehead atoms. The molecule has 0 saturated heterocycles. The Kier molecular flexibility index (Phi) is 7.84. The molecule has 0 aliphatic heterocycles. The fourth-order valence-corrected chi connectivity index (χ4v) is 3.58. The van der Waals surface area contributed by atoms with Crippen molar-refractivity contribution in [1.82, 2.24) is 14.7 Å². The van der Waals surface area contributed by atoms with Gasteiger partial charge in [-0.15, -0.1) is 0 Å². The first-order chi connectivity index (χ1) is 17.0. The molecule has 2 aromatic carbocycles. The monoisotopic (exact) mass is 492 g/mol. The van der Waals surface area contributed by atoms with E-state index in [2.05, 4.69) is 15.6 Å². The predicted molar refractivity (Wildman–Crippen MR) is 134 cm³/mol. The standard InChI is InChI=1S/C26H25ClN4O4/c1-34-22-12-11-20(15-23(22)35-17-21-16-31-14-3-2-5-24(31)29-21)30-25(32)6-4-13-28-26(33)18-7-9-19(27)10-8-18/h2-3,5,7-12,14-16H,4,6,13,17H2,1H3,(H,28,33)(H,30,32). The molecule has 2 amide bonds. The predicted octanol–water partition coefficient (Wildman–Crippen LogP) is 4.72. The Morgan fingerprint density at radius 2 is 1.89 bits per heavy atom. The number of pyridine rings is 1. The van der Waals surface area contributed by atoms with Gasteiger partial charge in [-0.3, -0.25) is 9.59 Å². The van der Waals surface area contributed by atoms with Crippen LogP contribution in [0.15, 0.2) is 73.1 Å². The molecule has 0 fully saturated rings. The summed E-state index contributed by atoms with van der Waals surface area (Å²) in [5.41, 5.74) is 2.72. The molecule has 8 nitrogen and oxygen atoms in total. The quantitative estimate of drug-likeness (QED) is 0.312. The smallest absolute Gasteiger partial charge is 0.251 e. The lowest BCUT2D eigenvalue weighted by atomic mass is 10.2. The van der Waals surface area contributed by atoms with Crippen molar-refractivity contribution in [2.45, 2.75) is 19.4 Å². The molecule has 35 heavy (non-hydrogen) atoms. The van der Waals surface area contributed by atoms with Crippen LogP contribution in [0.5, 0.6) is 11.5 Å². The van der Waals surface area contributed by atoms with E-state index in [1.807, 2.05) is 35.0 Å². The highest BCUT2D eigenvalue weighted by Crippen LogP contribution is 2.31. The average molecular weight is 493 g/mol. The lowest BCUT2D eigenvalue weighted by molar-refractivity contribution is -0.116. The summed E-state index contributed by atoms with van der Waals surface area (Å²) in [7, 11) is 1.56. The molecule has 0 spiro atoms. The maximum Gasteiger partial charge on any atom is 0.251 e. The topological polar surface area (TPSA) is 94.0 Å². The maximum absolute atomic E-state index is 12.4. The molecule has 4 rings (SSSR count). The Bertz CT molecular complexity index is 1290. The number of hydrogen-bond donors (Lipinski definition) is 2. The van der Waals surface area contributed by atoms with Crippen molar-refractivity contribution >= 4 is 34.7 Å². The Labute approximate surface area is 207 Å². The largest absolute Gasteiger partial charge is 0.493 e. The van der Waals surface area contributed by atoms with Crippen LogP contribution in [-0.4, -0.2) is 34.9 Å². The third kappa shape index (κ3) is 6.51. The second-order valence-corrected chi connectivity index (χ2v) is 8.20. The van der Waals surface area contributed by atoms with Crippen molar-refractivity contribution in [3.8, 4) is 11.5 Å². The van der Waals surface area contributed by atoms with Gasteiger partial charge in [0.15, 0.2) is 11.5 Å². The first kappa shape index (κ1) is 24.1. The van der Waals surface area contributed by atoms with Crippen molar-refractivity contribution in [1.29, 1.82) is 0 Å². The van der Waals surface area contributed by atoms with Crippen molar-refractivity contribution in [2.75, 3.05) is 19.0 Å². The summed E-state index contributed by atoms with van der Waals surface area (Å²) in [6.45, 7) is 0.633. The average Bonchev–Trinajstić information content (AvgIpc) is 3.29. The van der Waals surface area contributed by atoms with E-state index in [1.165, 1.54) is 0 Å². The number of carbonyl (C=O) groups is 2. The highest BCUT2D eigenvalue weighted by Gasteiger charge is 2.11. The van der Waals surface area contributed by atoms with Gasteiger partial charge in [0.2, 0.25) is 5.91 Å². The van der Waals surface area contributed by atoms with E-state index in [0.717, 1.165) is 11.3 Å². The lowest BCUT2D eigenvalue weighted by Crippen LogP contribution is -2.25. The minimum absolute atomic E-state index is 0.165. The van der Waals surface area contributed by atoms with Crippen LogP contribution >= 0.6 is 11.6 Å². The molecule has 180 valence electrons. The van der Waals surface area contributed by atoms with Crippen LogP contribution in [0, 0.1) is 0 Å². The van der Waals surface area contributed by atoms with E-state index in [-0.39, 0.29) is 24.8 Å². The number of nitrogens with zero attached hydrogens (tertiary/aromatic N) is 2. The van der Waals surface area contributed by atoms with Gasteiger partial charge in [0.1, 0.15) is 12.3 Å². The van der Waals surface area contributed by atoms with Crippen molar-refractivity contribution in [3.63, 3.8) is 0 Å². The number of methoxy groups -OCH3 is 1. The number of ether oxygens (including phenoxy) is 2. The Balaban J connectivity index is 1.27. The number of carbonyl (C=O) groups excluding carboxylic acids is 2. The molecule has 0 radical (unpaired) electrons. The van der Waals surface area contributed by atoms with Crippen LogP contribution in [0.1, 0.15) is 28.9 Å². The summed E-state index contributed by atoms with van der Waals surface area (Å²) in [4.78, 5) is 29.0. The fourth-order valence-electron chi connectivity index (χ4n) is 3.45. The number of aromatic nitrogens is 2. The Hall–Kier alpha value is -4.04. The van der Waals surface area contributed by atoms with E-state index in [0.29, 0.717) is 40.7 Å². The van der Waals surface area contributed by atoms with Gasteiger partial charge in [-0.25, -0.2) is 4.98 Å². The number of rotatable bonds is 10. The van der Waals surface area contributed by atoms with E-state index in [9.17, 15) is 9.59 Å². The minimum atomic E-state index is -0.204. The summed E-state index contributed by atoms with van der Waals surface area (Å²) in [5.74, 6) is 0.682. The summed E-state index contributed by atoms with van der Waals surface area (Å²) in [6.07, 6.45) is 4.58. The van der Waals surface area contributed by atoms with Gasteiger partial charge in [0.25, 0.3) is 5.91 Å². The molecule has 0 saturated carbocycles. The number of fused-ring (bicyclic) bond motifs is 1. The molecular weight excluding hydrogens is 468 g/mol. The van der Waals surface area contributed by atoms with Crippen LogP contribution in [0.2, 0.25) is 5.02 Å². The van der Waals surface area contributed by atoms with E-state index in [4.69, 9.17) is 21.1 Å². The molecular formula is C26H25ClN4O4. The lowest BCUT2D eigenvalue weighted by Gasteiger charge is -2.12. The van der Waals surface area contributed by atoms with Crippen molar-refractivity contribution in [2.24, 2.45) is 0 Å². The van der Waals surface area contributed by atoms with Crippen LogP contribution in [0.4, 0.5) is 5.69 Å². The molecule has 2 N–H and O–H groups in total. The van der Waals surface area contributed by atoms with Crippen LogP contribution in [-0.2, 0) is 11.4 Å². The summed E-state index contributed by atoms with van der Waals surface area (Å²) in [6, 6.07) is 17.6. The molecule has 0 atom stereocenters. The molecule has 2 aromatic heterocycles. The molecule has 0 aliphatic rings. The van der Waals surface area contributed by atoms with Gasteiger partial charge in [-0.05, 0) is 55.0 Å². The zero-order chi connectivity index (χ0) is 24.6. The van der Waals surface area contributed by atoms with E-state index >= 15 is 0 Å². The SMILES string of the molecule is COc1ccc(NC(=O)CCCNC(=O)c2ccc(Cl)cc2)cc1OCc1cn2ccccc2n1. The second kappa shape index (κ2) is 11.4. The zero-order valence-corrected chi connectivity index (χ0v) is 19.9. The van der Waals surface area contributed by atoms with Crippen LogP contribution < -0.4 is 20.1 Å². The highest BCUT2D eigenvalue weighted by atomic mass is 35.5. The number of amides is 2. The number of imidazole rings is 1. The Morgan fingerprint density at radius 3 is 2.66 bits per heavy atom. The molecule has 0 unspecified atom stereocenters. The van der Waals surface area contributed by atoms with Crippen LogP contribution in [0.3, 0.4) is 0 Å². The fraction of sp³-hybridized carbons (Fsp3) is 0.192. The van der Waals surface area contributed by atoms with Gasteiger partial charge in [-0.1, -0.05) is 17.7 Å². The normalized spacial score (nSPS) is 10.7. The number of nitrogens with one attached hydrogen (secondary N) is 2. The first-order valence-electron chi connectivity index (χ1n) is 11.1. The van der Waals surface area contributed by atoms with Gasteiger partial charge in [-0.2, -0.15) is 0 Å². The van der Waals surface area contributed by atoms with E-state index < -0.39 is 0 Å². The molecule has 9 heteroatoms. The number of hydrogen-bond acceptors (Lipinski definition) is 5. The number of anilines is 1. The Morgan fingerprint density at radius 1 is 1.06 bits per heavy atom. The van der Waals surface area contributed by atoms with Gasteiger partial charge in [0.05, 0.1) is 12.8 Å². The number of benzene rings is 2. The summed E-state index contributed by atoms with van der Waals surface area (Å²) in [5, 5.41) is 6.23. The van der Waals surface area contributed by atoms with Gasteiger partial charge < -0.3 is 24.5 Å². The van der Waals surface area contributed by atoms with Gasteiger partial charge in [0, 0.05) is 47.7 Å². The minimum Gasteiger partial charge on any atom is -0.493 e. The van der Waals surface area contributed by atoms with E-state index in [1.54, 1.807) is 49.6 Å². The number of halogens is 1. The van der Waals surface area contributed by atoms with Crippen LogP contribution in [0.25, 0.3) is 5.65 Å². The zero-order valence-electron chi connectivity index (χ0n) is 19.2. The second-order valence-electron chi connectivity index (χ2n) is 7.77. The first-order valence-corrected chi connectivity index (χ1v) is 11.5. The van der Waals surface area contributed by atoms with Crippen molar-refractivity contribution < 1.29 is 19.1 Å². The highest BCUT2D eigenvalue weighted by molar-refractivity contribution is 6.30. The third-order valence-corrected chi connectivity index (χ3v) is 5.46. The summed E-state index contributed by atoms with van der Waals surface area (Å²) < 4.78 is 13.2. The van der Waals surface area contributed by atoms with Crippen molar-refractivity contribution in [3.05, 3.63) is 89.3 Å².